The number of methoxy groups -OCH3 is 1. The van der Waals surface area contributed by atoms with E-state index in [2.05, 4.69) is 10.9 Å². The fraction of sp³-hybridized carbons (Fsp3) is 0.385. The van der Waals surface area contributed by atoms with Crippen molar-refractivity contribution in [3.05, 3.63) is 29.8 Å². The zero-order valence-electron chi connectivity index (χ0n) is 11.1. The molecule has 1 aromatic carbocycles. The number of hydrogen-bond acceptors (Lipinski definition) is 4. The van der Waals surface area contributed by atoms with Crippen molar-refractivity contribution in [2.75, 3.05) is 20.3 Å². The first-order valence-electron chi connectivity index (χ1n) is 5.98. The van der Waals surface area contributed by atoms with Crippen LogP contribution in [0.3, 0.4) is 0 Å². The molecule has 2 amide bonds. The van der Waals surface area contributed by atoms with Crippen molar-refractivity contribution in [3.63, 3.8) is 0 Å². The third-order valence-electron chi connectivity index (χ3n) is 2.35. The number of benzene rings is 1. The van der Waals surface area contributed by atoms with E-state index in [0.717, 1.165) is 0 Å². The first kappa shape index (κ1) is 15.0. The van der Waals surface area contributed by atoms with Gasteiger partial charge in [0.15, 0.2) is 0 Å². The third-order valence-corrected chi connectivity index (χ3v) is 2.35. The minimum absolute atomic E-state index is 0.205. The molecule has 6 heteroatoms. The Morgan fingerprint density at radius 2 is 1.84 bits per heavy atom. The second-order valence-electron chi connectivity index (χ2n) is 3.68. The van der Waals surface area contributed by atoms with Crippen LogP contribution >= 0.6 is 0 Å². The molecule has 0 bridgehead atoms. The van der Waals surface area contributed by atoms with Crippen molar-refractivity contribution >= 4 is 11.8 Å². The van der Waals surface area contributed by atoms with Gasteiger partial charge < -0.3 is 9.47 Å². The van der Waals surface area contributed by atoms with Crippen LogP contribution in [0, 0.1) is 0 Å². The summed E-state index contributed by atoms with van der Waals surface area (Å²) in [6.45, 7) is 2.75. The van der Waals surface area contributed by atoms with Gasteiger partial charge in [-0.2, -0.15) is 0 Å². The second kappa shape index (κ2) is 8.10. The smallest absolute Gasteiger partial charge is 0.269 e. The molecular weight excluding hydrogens is 248 g/mol. The van der Waals surface area contributed by atoms with Gasteiger partial charge in [0, 0.05) is 12.2 Å². The predicted molar refractivity (Wildman–Crippen MR) is 69.7 cm³/mol. The molecule has 0 spiro atoms. The first-order chi connectivity index (χ1) is 9.17. The molecule has 19 heavy (non-hydrogen) atoms. The van der Waals surface area contributed by atoms with E-state index in [9.17, 15) is 9.59 Å². The van der Waals surface area contributed by atoms with Gasteiger partial charge in [0.05, 0.1) is 20.1 Å². The van der Waals surface area contributed by atoms with Gasteiger partial charge in [-0.25, -0.2) is 0 Å². The molecule has 0 radical (unpaired) electrons. The lowest BCUT2D eigenvalue weighted by Crippen LogP contribution is -2.41. The van der Waals surface area contributed by atoms with Gasteiger partial charge in [-0.15, -0.1) is 0 Å². The van der Waals surface area contributed by atoms with Crippen LogP contribution in [0.5, 0.6) is 5.75 Å². The molecule has 1 aromatic rings. The lowest BCUT2D eigenvalue weighted by molar-refractivity contribution is -0.122. The molecule has 0 aliphatic rings. The summed E-state index contributed by atoms with van der Waals surface area (Å²) in [6, 6.07) is 6.57. The molecule has 0 saturated heterocycles. The zero-order chi connectivity index (χ0) is 14.1. The maximum Gasteiger partial charge on any atom is 0.269 e. The molecule has 104 valence electrons. The van der Waals surface area contributed by atoms with Crippen LogP contribution in [0.1, 0.15) is 23.7 Å². The molecule has 0 heterocycles. The number of carbonyl (C=O) groups excluding carboxylic acids is 2. The maximum absolute atomic E-state index is 11.7. The Morgan fingerprint density at radius 1 is 1.16 bits per heavy atom. The highest BCUT2D eigenvalue weighted by molar-refractivity contribution is 5.95. The van der Waals surface area contributed by atoms with Crippen LogP contribution in [0.25, 0.3) is 0 Å². The van der Waals surface area contributed by atoms with Crippen LogP contribution in [-0.4, -0.2) is 32.1 Å². The Morgan fingerprint density at radius 3 is 2.42 bits per heavy atom. The van der Waals surface area contributed by atoms with E-state index in [1.807, 2.05) is 6.92 Å². The molecule has 0 unspecified atom stereocenters. The monoisotopic (exact) mass is 266 g/mol. The van der Waals surface area contributed by atoms with Crippen molar-refractivity contribution < 1.29 is 19.1 Å². The summed E-state index contributed by atoms with van der Waals surface area (Å²) in [4.78, 5) is 23.0. The molecule has 0 saturated carbocycles. The molecule has 6 nitrogen and oxygen atoms in total. The number of carbonyl (C=O) groups is 2. The van der Waals surface area contributed by atoms with Crippen LogP contribution < -0.4 is 15.6 Å². The summed E-state index contributed by atoms with van der Waals surface area (Å²) in [6.07, 6.45) is 0.205. The van der Waals surface area contributed by atoms with E-state index in [-0.39, 0.29) is 18.2 Å². The van der Waals surface area contributed by atoms with E-state index in [1.54, 1.807) is 31.4 Å². The molecule has 0 aliphatic heterocycles. The Bertz CT molecular complexity index is 417. The molecule has 0 aliphatic carbocycles. The van der Waals surface area contributed by atoms with Gasteiger partial charge in [0.1, 0.15) is 5.75 Å². The minimum Gasteiger partial charge on any atom is -0.497 e. The molecular formula is C13H18N2O4. The van der Waals surface area contributed by atoms with Crippen molar-refractivity contribution in [1.82, 2.24) is 10.9 Å². The van der Waals surface area contributed by atoms with Crippen LogP contribution in [0.15, 0.2) is 24.3 Å². The second-order valence-corrected chi connectivity index (χ2v) is 3.68. The Balaban J connectivity index is 2.35. The van der Waals surface area contributed by atoms with Crippen molar-refractivity contribution in [3.8, 4) is 5.75 Å². The highest BCUT2D eigenvalue weighted by Crippen LogP contribution is 2.10. The molecule has 0 atom stereocenters. The quantitative estimate of drug-likeness (QED) is 0.592. The van der Waals surface area contributed by atoms with Gasteiger partial charge in [0.25, 0.3) is 5.91 Å². The largest absolute Gasteiger partial charge is 0.497 e. The molecule has 1 rings (SSSR count). The summed E-state index contributed by atoms with van der Waals surface area (Å²) in [5.41, 5.74) is 5.08. The standard InChI is InChI=1S/C13H18N2O4/c1-3-19-9-8-12(16)14-15-13(17)10-4-6-11(18-2)7-5-10/h4-7H,3,8-9H2,1-2H3,(H,14,16)(H,15,17). The van der Waals surface area contributed by atoms with Gasteiger partial charge >= 0.3 is 0 Å². The summed E-state index contributed by atoms with van der Waals surface area (Å²) in [5, 5.41) is 0. The minimum atomic E-state index is -0.382. The molecule has 2 N–H and O–H groups in total. The highest BCUT2D eigenvalue weighted by atomic mass is 16.5. The Hall–Kier alpha value is -2.08. The highest BCUT2D eigenvalue weighted by Gasteiger charge is 2.07. The first-order valence-corrected chi connectivity index (χ1v) is 5.98. The number of rotatable bonds is 6. The van der Waals surface area contributed by atoms with Crippen molar-refractivity contribution in [2.24, 2.45) is 0 Å². The van der Waals surface area contributed by atoms with Gasteiger partial charge in [-0.05, 0) is 31.2 Å². The summed E-state index contributed by atoms with van der Waals surface area (Å²) in [5.74, 6) is -0.0139. The summed E-state index contributed by atoms with van der Waals surface area (Å²) in [7, 11) is 1.55. The number of ether oxygens (including phenoxy) is 2. The van der Waals surface area contributed by atoms with E-state index in [1.165, 1.54) is 0 Å². The van der Waals surface area contributed by atoms with Gasteiger partial charge in [-0.3, -0.25) is 20.4 Å². The van der Waals surface area contributed by atoms with E-state index in [0.29, 0.717) is 24.5 Å². The number of hydrogen-bond donors (Lipinski definition) is 2. The van der Waals surface area contributed by atoms with E-state index in [4.69, 9.17) is 9.47 Å². The van der Waals surface area contributed by atoms with E-state index < -0.39 is 0 Å². The zero-order valence-corrected chi connectivity index (χ0v) is 11.1. The number of hydrazine groups is 1. The topological polar surface area (TPSA) is 76.7 Å². The third kappa shape index (κ3) is 5.39. The average Bonchev–Trinajstić information content (AvgIpc) is 2.45. The molecule has 0 aromatic heterocycles. The predicted octanol–water partition coefficient (Wildman–Crippen LogP) is 0.883. The normalized spacial score (nSPS) is 9.79. The SMILES string of the molecule is CCOCCC(=O)NNC(=O)c1ccc(OC)cc1. The van der Waals surface area contributed by atoms with Crippen LogP contribution in [0.2, 0.25) is 0 Å². The Labute approximate surface area is 112 Å². The lowest BCUT2D eigenvalue weighted by Gasteiger charge is -2.07. The number of nitrogens with one attached hydrogen (secondary N) is 2. The van der Waals surface area contributed by atoms with Crippen molar-refractivity contribution in [2.45, 2.75) is 13.3 Å². The number of amides is 2. The fourth-order valence-electron chi connectivity index (χ4n) is 1.31. The van der Waals surface area contributed by atoms with Crippen LogP contribution in [-0.2, 0) is 9.53 Å². The van der Waals surface area contributed by atoms with E-state index >= 15 is 0 Å². The summed E-state index contributed by atoms with van der Waals surface area (Å²) >= 11 is 0. The summed E-state index contributed by atoms with van der Waals surface area (Å²) < 4.78 is 10.0. The maximum atomic E-state index is 11.7. The lowest BCUT2D eigenvalue weighted by atomic mass is 10.2. The van der Waals surface area contributed by atoms with Gasteiger partial charge in [0.2, 0.25) is 5.91 Å². The van der Waals surface area contributed by atoms with Crippen LogP contribution in [0.4, 0.5) is 0 Å². The van der Waals surface area contributed by atoms with Crippen molar-refractivity contribution in [1.29, 1.82) is 0 Å². The Kier molecular flexibility index (Phi) is 6.38. The average molecular weight is 266 g/mol. The van der Waals surface area contributed by atoms with Gasteiger partial charge in [-0.1, -0.05) is 0 Å². The fourth-order valence-corrected chi connectivity index (χ4v) is 1.31. The molecule has 0 fully saturated rings.